The Morgan fingerprint density at radius 2 is 1.69 bits per heavy atom. The molecule has 168 valence electrons. The molecule has 2 amide bonds. The molecule has 0 bridgehead atoms. The number of urea groups is 1. The van der Waals surface area contributed by atoms with Gasteiger partial charge in [-0.05, 0) is 50.5 Å². The van der Waals surface area contributed by atoms with E-state index in [-0.39, 0.29) is 11.6 Å². The van der Waals surface area contributed by atoms with Crippen LogP contribution in [-0.2, 0) is 4.74 Å². The minimum absolute atomic E-state index is 0.00317. The second kappa shape index (κ2) is 11.5. The summed E-state index contributed by atoms with van der Waals surface area (Å²) in [6.45, 7) is 13.5. The number of ether oxygens (including phenoxy) is 1. The molecule has 0 radical (unpaired) electrons. The van der Waals surface area contributed by atoms with E-state index in [1.165, 1.54) is 51.6 Å². The van der Waals surface area contributed by atoms with Crippen LogP contribution in [0.15, 0.2) is 0 Å². The maximum atomic E-state index is 12.4. The molecule has 1 aliphatic carbocycles. The standard InChI is InChI=1S/C23H44N4O2/c1-20-16-21(2)18-26(17-20)11-7-6-10-24-22(28)25-19-23(8-4-3-5-9-23)27-12-14-29-15-13-27/h20-21H,3-19H2,1-2H3,(H2,24,25,28). The van der Waals surface area contributed by atoms with E-state index in [4.69, 9.17) is 4.74 Å². The summed E-state index contributed by atoms with van der Waals surface area (Å²) >= 11 is 0. The number of hydrogen-bond acceptors (Lipinski definition) is 4. The summed E-state index contributed by atoms with van der Waals surface area (Å²) in [4.78, 5) is 17.6. The van der Waals surface area contributed by atoms with Crippen LogP contribution in [0.2, 0.25) is 0 Å². The van der Waals surface area contributed by atoms with Gasteiger partial charge in [-0.15, -0.1) is 0 Å². The molecule has 0 spiro atoms. The summed E-state index contributed by atoms with van der Waals surface area (Å²) in [7, 11) is 0. The fourth-order valence-corrected chi connectivity index (χ4v) is 5.80. The second-order valence-corrected chi connectivity index (χ2v) is 9.91. The molecular formula is C23H44N4O2. The average Bonchev–Trinajstić information content (AvgIpc) is 2.73. The Morgan fingerprint density at radius 1 is 1.00 bits per heavy atom. The maximum absolute atomic E-state index is 12.4. The van der Waals surface area contributed by atoms with E-state index in [0.717, 1.165) is 70.6 Å². The van der Waals surface area contributed by atoms with E-state index in [1.54, 1.807) is 0 Å². The Labute approximate surface area is 178 Å². The van der Waals surface area contributed by atoms with Crippen molar-refractivity contribution in [3.8, 4) is 0 Å². The number of unbranched alkanes of at least 4 members (excludes halogenated alkanes) is 1. The number of carbonyl (C=O) groups is 1. The Hall–Kier alpha value is -0.850. The van der Waals surface area contributed by atoms with Crippen molar-refractivity contribution in [3.05, 3.63) is 0 Å². The number of hydrogen-bond donors (Lipinski definition) is 2. The second-order valence-electron chi connectivity index (χ2n) is 9.91. The van der Waals surface area contributed by atoms with E-state index < -0.39 is 0 Å². The van der Waals surface area contributed by atoms with Crippen molar-refractivity contribution < 1.29 is 9.53 Å². The van der Waals surface area contributed by atoms with Crippen molar-refractivity contribution in [1.82, 2.24) is 20.4 Å². The van der Waals surface area contributed by atoms with Gasteiger partial charge in [0, 0.05) is 44.8 Å². The van der Waals surface area contributed by atoms with Crippen LogP contribution in [0.3, 0.4) is 0 Å². The molecule has 2 N–H and O–H groups in total. The van der Waals surface area contributed by atoms with Crippen molar-refractivity contribution >= 4 is 6.03 Å². The summed E-state index contributed by atoms with van der Waals surface area (Å²) in [6, 6.07) is 0.00317. The lowest BCUT2D eigenvalue weighted by atomic mass is 9.80. The van der Waals surface area contributed by atoms with Crippen LogP contribution in [0.25, 0.3) is 0 Å². The van der Waals surface area contributed by atoms with Crippen molar-refractivity contribution in [2.45, 2.75) is 70.8 Å². The molecule has 3 aliphatic rings. The van der Waals surface area contributed by atoms with Crippen LogP contribution in [0.5, 0.6) is 0 Å². The summed E-state index contributed by atoms with van der Waals surface area (Å²) < 4.78 is 5.55. The molecule has 1 saturated carbocycles. The van der Waals surface area contributed by atoms with Crippen LogP contribution in [0, 0.1) is 11.8 Å². The summed E-state index contributed by atoms with van der Waals surface area (Å²) in [5.74, 6) is 1.64. The molecule has 6 heteroatoms. The van der Waals surface area contributed by atoms with Crippen LogP contribution >= 0.6 is 0 Å². The molecular weight excluding hydrogens is 364 g/mol. The summed E-state index contributed by atoms with van der Waals surface area (Å²) in [5.41, 5.74) is 0.140. The van der Waals surface area contributed by atoms with Gasteiger partial charge >= 0.3 is 6.03 Å². The number of nitrogens with zero attached hydrogens (tertiary/aromatic N) is 2. The van der Waals surface area contributed by atoms with Gasteiger partial charge < -0.3 is 20.3 Å². The van der Waals surface area contributed by atoms with E-state index >= 15 is 0 Å². The third-order valence-corrected chi connectivity index (χ3v) is 7.18. The normalized spacial score (nSPS) is 28.8. The Morgan fingerprint density at radius 3 is 2.38 bits per heavy atom. The zero-order chi connectivity index (χ0) is 20.5. The number of amides is 2. The summed E-state index contributed by atoms with van der Waals surface area (Å²) in [6.07, 6.45) is 9.85. The third kappa shape index (κ3) is 7.11. The number of rotatable bonds is 8. The summed E-state index contributed by atoms with van der Waals surface area (Å²) in [5, 5.41) is 6.29. The lowest BCUT2D eigenvalue weighted by molar-refractivity contribution is -0.0357. The SMILES string of the molecule is CC1CC(C)CN(CCCCNC(=O)NCC2(N3CCOCC3)CCCCC2)C1. The first-order valence-corrected chi connectivity index (χ1v) is 12.1. The lowest BCUT2D eigenvalue weighted by Gasteiger charge is -2.48. The highest BCUT2D eigenvalue weighted by atomic mass is 16.5. The molecule has 3 fully saturated rings. The highest BCUT2D eigenvalue weighted by molar-refractivity contribution is 5.73. The largest absolute Gasteiger partial charge is 0.379 e. The quantitative estimate of drug-likeness (QED) is 0.606. The van der Waals surface area contributed by atoms with Crippen LogP contribution < -0.4 is 10.6 Å². The molecule has 0 aromatic carbocycles. The highest BCUT2D eigenvalue weighted by Gasteiger charge is 2.38. The lowest BCUT2D eigenvalue weighted by Crippen LogP contribution is -2.60. The molecule has 2 atom stereocenters. The van der Waals surface area contributed by atoms with E-state index in [0.29, 0.717) is 0 Å². The van der Waals surface area contributed by atoms with Gasteiger partial charge in [0.1, 0.15) is 0 Å². The number of likely N-dealkylation sites (tertiary alicyclic amines) is 1. The van der Waals surface area contributed by atoms with Crippen molar-refractivity contribution in [2.75, 3.05) is 59.0 Å². The van der Waals surface area contributed by atoms with Gasteiger partial charge in [0.15, 0.2) is 0 Å². The van der Waals surface area contributed by atoms with Gasteiger partial charge in [-0.1, -0.05) is 33.1 Å². The fraction of sp³-hybridized carbons (Fsp3) is 0.957. The van der Waals surface area contributed by atoms with Gasteiger partial charge in [0.2, 0.25) is 0 Å². The number of morpholine rings is 1. The molecule has 2 heterocycles. The monoisotopic (exact) mass is 408 g/mol. The van der Waals surface area contributed by atoms with E-state index in [2.05, 4.69) is 34.3 Å². The Balaban J connectivity index is 1.32. The topological polar surface area (TPSA) is 56.8 Å². The number of carbonyl (C=O) groups excluding carboxylic acids is 1. The van der Waals surface area contributed by atoms with Crippen molar-refractivity contribution in [2.24, 2.45) is 11.8 Å². The predicted molar refractivity (Wildman–Crippen MR) is 118 cm³/mol. The fourth-order valence-electron chi connectivity index (χ4n) is 5.80. The predicted octanol–water partition coefficient (Wildman–Crippen LogP) is 3.08. The minimum Gasteiger partial charge on any atom is -0.379 e. The third-order valence-electron chi connectivity index (χ3n) is 7.18. The van der Waals surface area contributed by atoms with Gasteiger partial charge in [-0.3, -0.25) is 4.90 Å². The van der Waals surface area contributed by atoms with Gasteiger partial charge in [0.05, 0.1) is 13.2 Å². The van der Waals surface area contributed by atoms with Crippen LogP contribution in [0.4, 0.5) is 4.79 Å². The molecule has 6 nitrogen and oxygen atoms in total. The van der Waals surface area contributed by atoms with E-state index in [9.17, 15) is 4.79 Å². The van der Waals surface area contributed by atoms with Crippen LogP contribution in [-0.4, -0.2) is 80.4 Å². The van der Waals surface area contributed by atoms with Gasteiger partial charge in [-0.2, -0.15) is 0 Å². The maximum Gasteiger partial charge on any atom is 0.314 e. The molecule has 2 unspecified atom stereocenters. The highest BCUT2D eigenvalue weighted by Crippen LogP contribution is 2.33. The molecule has 3 rings (SSSR count). The molecule has 2 saturated heterocycles. The molecule has 29 heavy (non-hydrogen) atoms. The zero-order valence-corrected chi connectivity index (χ0v) is 18.9. The zero-order valence-electron chi connectivity index (χ0n) is 18.9. The molecule has 0 aromatic rings. The Kier molecular flexibility index (Phi) is 9.07. The van der Waals surface area contributed by atoms with Crippen LogP contribution in [0.1, 0.15) is 65.2 Å². The number of piperidine rings is 1. The van der Waals surface area contributed by atoms with E-state index in [1.807, 2.05) is 0 Å². The van der Waals surface area contributed by atoms with Gasteiger partial charge in [-0.25, -0.2) is 4.79 Å². The van der Waals surface area contributed by atoms with Crippen molar-refractivity contribution in [1.29, 1.82) is 0 Å². The first-order chi connectivity index (χ1) is 14.1. The minimum atomic E-state index is 0.00317. The van der Waals surface area contributed by atoms with Gasteiger partial charge in [0.25, 0.3) is 0 Å². The average molecular weight is 409 g/mol. The Bertz CT molecular complexity index is 479. The first kappa shape index (κ1) is 22.8. The number of nitrogens with one attached hydrogen (secondary N) is 2. The smallest absolute Gasteiger partial charge is 0.314 e. The first-order valence-electron chi connectivity index (χ1n) is 12.1. The molecule has 2 aliphatic heterocycles. The molecule has 0 aromatic heterocycles. The van der Waals surface area contributed by atoms with Crippen molar-refractivity contribution in [3.63, 3.8) is 0 Å².